The largest absolute Gasteiger partial charge is 0.298 e. The van der Waals surface area contributed by atoms with E-state index in [0.29, 0.717) is 10.9 Å². The maximum absolute atomic E-state index is 12.7. The van der Waals surface area contributed by atoms with Crippen LogP contribution in [-0.4, -0.2) is 28.5 Å². The van der Waals surface area contributed by atoms with E-state index in [-0.39, 0.29) is 12.1 Å². The number of carbonyl (C=O) groups is 1. The molecule has 5 nitrogen and oxygen atoms in total. The quantitative estimate of drug-likeness (QED) is 0.801. The number of halogens is 1. The topological polar surface area (TPSA) is 57.1 Å². The molecule has 4 rings (SSSR count). The zero-order chi connectivity index (χ0) is 18.1. The van der Waals surface area contributed by atoms with Crippen LogP contribution >= 0.6 is 27.7 Å². The van der Waals surface area contributed by atoms with Crippen LogP contribution in [0.1, 0.15) is 5.56 Å². The molecule has 130 valence electrons. The van der Waals surface area contributed by atoms with Gasteiger partial charge in [0.2, 0.25) is 0 Å². The Morgan fingerprint density at radius 1 is 1.23 bits per heavy atom. The summed E-state index contributed by atoms with van der Waals surface area (Å²) in [6.45, 7) is 0. The van der Waals surface area contributed by atoms with Crippen molar-refractivity contribution in [2.45, 2.75) is 6.17 Å². The number of hydrogen-bond acceptors (Lipinski definition) is 5. The van der Waals surface area contributed by atoms with Crippen LogP contribution in [0, 0.1) is 0 Å². The number of carbonyl (C=O) groups excluding carboxylic acids is 1. The van der Waals surface area contributed by atoms with Crippen molar-refractivity contribution in [3.63, 3.8) is 0 Å². The molecule has 0 saturated heterocycles. The highest BCUT2D eigenvalue weighted by atomic mass is 79.9. The average molecular weight is 427 g/mol. The maximum Gasteiger partial charge on any atom is 0.276 e. The predicted molar refractivity (Wildman–Crippen MR) is 109 cm³/mol. The van der Waals surface area contributed by atoms with Gasteiger partial charge < -0.3 is 0 Å². The van der Waals surface area contributed by atoms with Gasteiger partial charge in [0.25, 0.3) is 5.91 Å². The number of amides is 1. The monoisotopic (exact) mass is 426 g/mol. The highest BCUT2D eigenvalue weighted by Gasteiger charge is 2.32. The lowest BCUT2D eigenvalue weighted by Crippen LogP contribution is -2.52. The molecule has 0 bridgehead atoms. The minimum Gasteiger partial charge on any atom is -0.298 e. The van der Waals surface area contributed by atoms with E-state index in [2.05, 4.69) is 26.3 Å². The molecule has 26 heavy (non-hydrogen) atoms. The SMILES string of the molecule is CSC1=NN2C(=c3cc(Br)ccc3=N[C@@H]2/C=C/c2ccccc2)C(=O)N1. The van der Waals surface area contributed by atoms with E-state index < -0.39 is 0 Å². The molecule has 0 radical (unpaired) electrons. The zero-order valence-corrected chi connectivity index (χ0v) is 16.3. The Kier molecular flexibility index (Phi) is 4.65. The Hall–Kier alpha value is -2.38. The van der Waals surface area contributed by atoms with Gasteiger partial charge in [0.15, 0.2) is 11.3 Å². The fourth-order valence-corrected chi connectivity index (χ4v) is 3.58. The fourth-order valence-electron chi connectivity index (χ4n) is 2.86. The third-order valence-corrected chi connectivity index (χ3v) is 5.12. The number of amidine groups is 1. The molecule has 2 heterocycles. The van der Waals surface area contributed by atoms with Gasteiger partial charge in [0.1, 0.15) is 5.70 Å². The minimum absolute atomic E-state index is 0.170. The Balaban J connectivity index is 1.86. The van der Waals surface area contributed by atoms with Crippen molar-refractivity contribution in [2.24, 2.45) is 10.1 Å². The number of rotatable bonds is 2. The molecule has 2 aromatic carbocycles. The lowest BCUT2D eigenvalue weighted by atomic mass is 10.1. The molecule has 0 aliphatic carbocycles. The summed E-state index contributed by atoms with van der Waals surface area (Å²) >= 11 is 4.86. The average Bonchev–Trinajstić information content (AvgIpc) is 2.66. The molecule has 7 heteroatoms. The van der Waals surface area contributed by atoms with Gasteiger partial charge in [-0.05, 0) is 36.1 Å². The molecule has 0 saturated carbocycles. The van der Waals surface area contributed by atoms with Gasteiger partial charge in [-0.1, -0.05) is 64.1 Å². The van der Waals surface area contributed by atoms with E-state index in [4.69, 9.17) is 4.99 Å². The summed E-state index contributed by atoms with van der Waals surface area (Å²) < 4.78 is 0.893. The van der Waals surface area contributed by atoms with Gasteiger partial charge in [-0.15, -0.1) is 5.10 Å². The van der Waals surface area contributed by atoms with Crippen LogP contribution in [0.5, 0.6) is 0 Å². The van der Waals surface area contributed by atoms with Crippen LogP contribution in [0.25, 0.3) is 11.8 Å². The second kappa shape index (κ2) is 7.09. The van der Waals surface area contributed by atoms with E-state index in [1.165, 1.54) is 11.8 Å². The molecule has 1 N–H and O–H groups in total. The van der Waals surface area contributed by atoms with Gasteiger partial charge in [-0.2, -0.15) is 0 Å². The number of thioether (sulfide) groups is 1. The first-order valence-electron chi connectivity index (χ1n) is 8.00. The standard InChI is InChI=1S/C19H15BrN4OS/c1-26-19-22-18(25)17-14-11-13(20)8-9-15(14)21-16(24(17)23-19)10-7-12-5-3-2-4-6-12/h2-11,16H,1H3,(H,22,23,25)/b10-7+/t16-/m0/s1. The first-order chi connectivity index (χ1) is 12.7. The van der Waals surface area contributed by atoms with Crippen molar-refractivity contribution in [3.8, 4) is 0 Å². The van der Waals surface area contributed by atoms with Crippen molar-refractivity contribution in [1.29, 1.82) is 0 Å². The summed E-state index contributed by atoms with van der Waals surface area (Å²) in [6, 6.07) is 15.7. The van der Waals surface area contributed by atoms with Crippen LogP contribution in [0.4, 0.5) is 0 Å². The van der Waals surface area contributed by atoms with Gasteiger partial charge >= 0.3 is 0 Å². The van der Waals surface area contributed by atoms with E-state index in [9.17, 15) is 4.79 Å². The van der Waals surface area contributed by atoms with Gasteiger partial charge in [0, 0.05) is 9.69 Å². The smallest absolute Gasteiger partial charge is 0.276 e. The molecule has 2 aromatic rings. The molecule has 1 amide bonds. The Morgan fingerprint density at radius 2 is 2.04 bits per heavy atom. The number of hydrazone groups is 1. The van der Waals surface area contributed by atoms with Crippen LogP contribution in [0.3, 0.4) is 0 Å². The third kappa shape index (κ3) is 3.20. The normalized spacial score (nSPS) is 18.8. The van der Waals surface area contributed by atoms with E-state index in [1.807, 2.05) is 66.9 Å². The second-order valence-corrected chi connectivity index (χ2v) is 7.44. The zero-order valence-electron chi connectivity index (χ0n) is 13.9. The summed E-state index contributed by atoms with van der Waals surface area (Å²) in [5, 5.41) is 11.2. The molecule has 0 aromatic heterocycles. The van der Waals surface area contributed by atoms with Crippen molar-refractivity contribution in [2.75, 3.05) is 6.26 Å². The molecule has 0 unspecified atom stereocenters. The lowest BCUT2D eigenvalue weighted by Gasteiger charge is -2.32. The molecule has 1 atom stereocenters. The number of nitrogens with one attached hydrogen (secondary N) is 1. The predicted octanol–water partition coefficient (Wildman–Crippen LogP) is 2.30. The highest BCUT2D eigenvalue weighted by molar-refractivity contribution is 9.10. The number of fused-ring (bicyclic) bond motifs is 2. The fraction of sp³-hybridized carbons (Fsp3) is 0.105. The van der Waals surface area contributed by atoms with Crippen molar-refractivity contribution >= 4 is 50.5 Å². The summed E-state index contributed by atoms with van der Waals surface area (Å²) in [5.41, 5.74) is 1.58. The van der Waals surface area contributed by atoms with E-state index in [0.717, 1.165) is 20.6 Å². The van der Waals surface area contributed by atoms with Crippen molar-refractivity contribution < 1.29 is 4.79 Å². The van der Waals surface area contributed by atoms with Gasteiger partial charge in [-0.25, -0.2) is 5.01 Å². The highest BCUT2D eigenvalue weighted by Crippen LogP contribution is 2.21. The molecular formula is C19H15BrN4OS. The number of hydrogen-bond donors (Lipinski definition) is 1. The van der Waals surface area contributed by atoms with Crippen molar-refractivity contribution in [1.82, 2.24) is 10.3 Å². The van der Waals surface area contributed by atoms with Crippen molar-refractivity contribution in [3.05, 3.63) is 75.2 Å². The van der Waals surface area contributed by atoms with Crippen LogP contribution in [0.15, 0.2) is 69.2 Å². The Labute approximate surface area is 163 Å². The van der Waals surface area contributed by atoms with Gasteiger partial charge in [0.05, 0.1) is 5.36 Å². The summed E-state index contributed by atoms with van der Waals surface area (Å²) in [5.74, 6) is -0.170. The molecule has 0 spiro atoms. The third-order valence-electron chi connectivity index (χ3n) is 4.05. The van der Waals surface area contributed by atoms with E-state index in [1.54, 1.807) is 5.01 Å². The minimum atomic E-state index is -0.382. The molecule has 0 fully saturated rings. The van der Waals surface area contributed by atoms with Crippen LogP contribution < -0.4 is 15.9 Å². The molecular weight excluding hydrogens is 412 g/mol. The molecule has 2 aliphatic heterocycles. The van der Waals surface area contributed by atoms with E-state index >= 15 is 0 Å². The number of benzene rings is 2. The maximum atomic E-state index is 12.7. The summed E-state index contributed by atoms with van der Waals surface area (Å²) in [4.78, 5) is 17.5. The van der Waals surface area contributed by atoms with Gasteiger partial charge in [-0.3, -0.25) is 15.1 Å². The van der Waals surface area contributed by atoms with Crippen LogP contribution in [0.2, 0.25) is 0 Å². The second-order valence-electron chi connectivity index (χ2n) is 5.73. The lowest BCUT2D eigenvalue weighted by molar-refractivity contribution is -0.116. The van der Waals surface area contributed by atoms with Crippen LogP contribution in [-0.2, 0) is 4.79 Å². The summed E-state index contributed by atoms with van der Waals surface area (Å²) in [7, 11) is 0. The summed E-state index contributed by atoms with van der Waals surface area (Å²) in [6.07, 6.45) is 5.45. The first-order valence-corrected chi connectivity index (χ1v) is 10.0. The number of nitrogens with zero attached hydrogens (tertiary/aromatic N) is 3. The molecule has 2 aliphatic rings. The Bertz CT molecular complexity index is 1050. The first kappa shape index (κ1) is 17.1. The Morgan fingerprint density at radius 3 is 2.81 bits per heavy atom.